The normalized spacial score (nSPS) is 11.3. The van der Waals surface area contributed by atoms with Crippen molar-refractivity contribution >= 4 is 17.7 Å². The Morgan fingerprint density at radius 2 is 2.27 bits per heavy atom. The second kappa shape index (κ2) is 6.99. The molecule has 0 unspecified atom stereocenters. The fraction of sp³-hybridized carbons (Fsp3) is 0.214. The van der Waals surface area contributed by atoms with Gasteiger partial charge in [-0.2, -0.15) is 4.85 Å². The van der Waals surface area contributed by atoms with Gasteiger partial charge in [0.25, 0.3) is 5.91 Å². The number of esters is 1. The number of pyridine rings is 1. The first-order valence-corrected chi connectivity index (χ1v) is 6.37. The Balaban J connectivity index is 2.10. The summed E-state index contributed by atoms with van der Waals surface area (Å²) in [5, 5.41) is 2.60. The number of carbonyl (C=O) groups excluding carboxylic acids is 2. The number of nitrogens with one attached hydrogen (secondary N) is 2. The van der Waals surface area contributed by atoms with Gasteiger partial charge in [-0.05, 0) is 11.1 Å². The minimum atomic E-state index is -0.836. The van der Waals surface area contributed by atoms with Gasteiger partial charge >= 0.3 is 11.8 Å². The third kappa shape index (κ3) is 3.67. The van der Waals surface area contributed by atoms with E-state index in [-0.39, 0.29) is 12.0 Å². The number of aromatic amines is 1. The smallest absolute Gasteiger partial charge is 0.425 e. The molecule has 0 aliphatic rings. The average Bonchev–Trinajstić information content (AvgIpc) is 3.06. The molecule has 0 saturated carbocycles. The van der Waals surface area contributed by atoms with E-state index >= 15 is 0 Å². The van der Waals surface area contributed by atoms with E-state index in [0.29, 0.717) is 11.5 Å². The highest BCUT2D eigenvalue weighted by Gasteiger charge is 2.24. The molecule has 8 heteroatoms. The number of carbonyl (C=O) groups is 2. The lowest BCUT2D eigenvalue weighted by Crippen LogP contribution is -2.43. The number of imidazole rings is 1. The molecular formula is C14H14N5O3+. The van der Waals surface area contributed by atoms with E-state index < -0.39 is 17.9 Å². The molecule has 112 valence electrons. The van der Waals surface area contributed by atoms with E-state index in [1.54, 1.807) is 6.20 Å². The molecule has 0 radical (unpaired) electrons. The molecule has 1 amide bonds. The topological polar surface area (TPSA) is 101 Å². The van der Waals surface area contributed by atoms with Gasteiger partial charge in [0.2, 0.25) is 0 Å². The fourth-order valence-corrected chi connectivity index (χ4v) is 1.79. The van der Waals surface area contributed by atoms with Crippen LogP contribution < -0.4 is 5.32 Å². The monoisotopic (exact) mass is 300 g/mol. The number of rotatable bonds is 5. The van der Waals surface area contributed by atoms with Crippen LogP contribution in [0.5, 0.6) is 0 Å². The van der Waals surface area contributed by atoms with Gasteiger partial charge in [0, 0.05) is 18.3 Å². The third-order valence-corrected chi connectivity index (χ3v) is 2.91. The first kappa shape index (κ1) is 15.2. The summed E-state index contributed by atoms with van der Waals surface area (Å²) in [6, 6.07) is 2.17. The van der Waals surface area contributed by atoms with Crippen molar-refractivity contribution in [1.82, 2.24) is 20.3 Å². The van der Waals surface area contributed by atoms with Crippen LogP contribution in [0.15, 0.2) is 30.9 Å². The number of methoxy groups -OCH3 is 1. The van der Waals surface area contributed by atoms with Crippen molar-refractivity contribution in [2.75, 3.05) is 7.11 Å². The molecule has 0 aliphatic heterocycles. The Labute approximate surface area is 126 Å². The number of amides is 1. The summed E-state index contributed by atoms with van der Waals surface area (Å²) in [5.41, 5.74) is 0.983. The summed E-state index contributed by atoms with van der Waals surface area (Å²) < 4.78 is 4.70. The molecule has 2 aromatic heterocycles. The SMILES string of the molecule is C#[N+]c1ccc(C(=O)N[C@H](Cc2cnc[nH]2)C(=O)OC)cn1. The van der Waals surface area contributed by atoms with Crippen molar-refractivity contribution < 1.29 is 14.3 Å². The van der Waals surface area contributed by atoms with Gasteiger partial charge < -0.3 is 15.0 Å². The highest BCUT2D eigenvalue weighted by molar-refractivity contribution is 5.96. The molecule has 0 spiro atoms. The largest absolute Gasteiger partial charge is 0.467 e. The summed E-state index contributed by atoms with van der Waals surface area (Å²) in [5.74, 6) is -0.700. The van der Waals surface area contributed by atoms with Crippen molar-refractivity contribution in [3.05, 3.63) is 47.0 Å². The maximum Gasteiger partial charge on any atom is 0.425 e. The van der Waals surface area contributed by atoms with Gasteiger partial charge in [-0.3, -0.25) is 4.79 Å². The number of hydrogen-bond acceptors (Lipinski definition) is 5. The van der Waals surface area contributed by atoms with E-state index in [0.717, 1.165) is 0 Å². The standard InChI is InChI=1S/C14H13N5O3/c1-15-12-4-3-9(6-17-12)13(20)19-11(14(21)22-2)5-10-7-16-8-18-10/h1,3-4,6-8,11H,5H2,2H3,(H-,16,18,19,20)/p+1/t11-/m1/s1. The average molecular weight is 300 g/mol. The van der Waals surface area contributed by atoms with Gasteiger partial charge in [-0.1, -0.05) is 0 Å². The molecule has 0 aliphatic carbocycles. The quantitative estimate of drug-likeness (QED) is 0.799. The predicted octanol–water partition coefficient (Wildman–Crippen LogP) is 0.913. The number of aromatic nitrogens is 3. The highest BCUT2D eigenvalue weighted by Crippen LogP contribution is 2.09. The molecule has 0 fully saturated rings. The zero-order valence-electron chi connectivity index (χ0n) is 11.8. The molecule has 2 rings (SSSR count). The van der Waals surface area contributed by atoms with Gasteiger partial charge in [0.15, 0.2) is 6.20 Å². The first-order valence-electron chi connectivity index (χ1n) is 6.37. The Morgan fingerprint density at radius 1 is 1.45 bits per heavy atom. The summed E-state index contributed by atoms with van der Waals surface area (Å²) in [4.78, 5) is 38.0. The van der Waals surface area contributed by atoms with Crippen LogP contribution in [0, 0.1) is 6.57 Å². The maximum atomic E-state index is 12.2. The number of H-pyrrole nitrogens is 1. The van der Waals surface area contributed by atoms with Crippen LogP contribution in [0.4, 0.5) is 5.82 Å². The molecule has 1 atom stereocenters. The van der Waals surface area contributed by atoms with E-state index in [2.05, 4.69) is 25.1 Å². The molecule has 2 aromatic rings. The van der Waals surface area contributed by atoms with E-state index in [1.807, 2.05) is 0 Å². The van der Waals surface area contributed by atoms with Crippen LogP contribution in [-0.4, -0.2) is 40.0 Å². The van der Waals surface area contributed by atoms with E-state index in [4.69, 9.17) is 11.3 Å². The minimum absolute atomic E-state index is 0.238. The zero-order valence-corrected chi connectivity index (χ0v) is 11.8. The van der Waals surface area contributed by atoms with E-state index in [9.17, 15) is 9.59 Å². The molecule has 2 heterocycles. The molecule has 8 nitrogen and oxygen atoms in total. The van der Waals surface area contributed by atoms with Crippen molar-refractivity contribution in [3.63, 3.8) is 0 Å². The highest BCUT2D eigenvalue weighted by atomic mass is 16.5. The zero-order chi connectivity index (χ0) is 15.9. The molecule has 0 saturated heterocycles. The van der Waals surface area contributed by atoms with Crippen molar-refractivity contribution in [1.29, 1.82) is 0 Å². The number of ether oxygens (including phenoxy) is 1. The summed E-state index contributed by atoms with van der Waals surface area (Å²) in [7, 11) is 1.26. The van der Waals surface area contributed by atoms with Crippen LogP contribution in [0.25, 0.3) is 4.85 Å². The van der Waals surface area contributed by atoms with Crippen LogP contribution in [0.3, 0.4) is 0 Å². The van der Waals surface area contributed by atoms with Gasteiger partial charge in [-0.25, -0.2) is 9.78 Å². The molecule has 0 aromatic carbocycles. The van der Waals surface area contributed by atoms with Gasteiger partial charge in [0.1, 0.15) is 12.6 Å². The van der Waals surface area contributed by atoms with Crippen molar-refractivity contribution in [3.8, 4) is 6.57 Å². The summed E-state index contributed by atoms with van der Waals surface area (Å²) in [6.45, 7) is 5.08. The van der Waals surface area contributed by atoms with Crippen molar-refractivity contribution in [2.45, 2.75) is 12.5 Å². The molecule has 2 N–H and O–H groups in total. The fourth-order valence-electron chi connectivity index (χ4n) is 1.79. The second-order valence-corrected chi connectivity index (χ2v) is 4.36. The minimum Gasteiger partial charge on any atom is -0.467 e. The molecule has 0 bridgehead atoms. The van der Waals surface area contributed by atoms with Gasteiger partial charge in [0.05, 0.1) is 25.1 Å². The summed E-state index contributed by atoms with van der Waals surface area (Å²) >= 11 is 0. The van der Waals surface area contributed by atoms with E-state index in [1.165, 1.54) is 31.8 Å². The number of hydrogen-bond donors (Lipinski definition) is 2. The molecule has 22 heavy (non-hydrogen) atoms. The second-order valence-electron chi connectivity index (χ2n) is 4.36. The van der Waals surface area contributed by atoms with Crippen molar-refractivity contribution in [2.24, 2.45) is 0 Å². The first-order chi connectivity index (χ1) is 10.6. The van der Waals surface area contributed by atoms with Gasteiger partial charge in [-0.15, -0.1) is 0 Å². The predicted molar refractivity (Wildman–Crippen MR) is 77.8 cm³/mol. The lowest BCUT2D eigenvalue weighted by molar-refractivity contribution is -0.142. The lowest BCUT2D eigenvalue weighted by Gasteiger charge is -2.15. The number of nitrogens with zero attached hydrogens (tertiary/aromatic N) is 3. The molecular weight excluding hydrogens is 286 g/mol. The van der Waals surface area contributed by atoms with Crippen LogP contribution in [0.2, 0.25) is 0 Å². The Hall–Kier alpha value is -3.21. The van der Waals surface area contributed by atoms with Crippen LogP contribution in [-0.2, 0) is 16.0 Å². The van der Waals surface area contributed by atoms with Crippen LogP contribution in [0.1, 0.15) is 16.1 Å². The third-order valence-electron chi connectivity index (χ3n) is 2.91. The maximum absolute atomic E-state index is 12.2. The Morgan fingerprint density at radius 3 is 2.82 bits per heavy atom. The lowest BCUT2D eigenvalue weighted by atomic mass is 10.1. The Kier molecular flexibility index (Phi) is 4.82. The summed E-state index contributed by atoms with van der Waals surface area (Å²) in [6.07, 6.45) is 4.62. The van der Waals surface area contributed by atoms with Crippen LogP contribution >= 0.6 is 0 Å². The Bertz CT molecular complexity index is 688.